The van der Waals surface area contributed by atoms with E-state index >= 15 is 0 Å². The van der Waals surface area contributed by atoms with Crippen LogP contribution in [0, 0.1) is 0 Å². The first kappa shape index (κ1) is 20.3. The first-order valence-electron chi connectivity index (χ1n) is 8.91. The molecule has 0 radical (unpaired) electrons. The lowest BCUT2D eigenvalue weighted by Gasteiger charge is -2.17. The van der Waals surface area contributed by atoms with Gasteiger partial charge in [-0.15, -0.1) is 0 Å². The lowest BCUT2D eigenvalue weighted by molar-refractivity contribution is -0.0511. The number of ether oxygens (including phenoxy) is 1. The molecule has 4 atom stereocenters. The van der Waals surface area contributed by atoms with E-state index in [0.717, 1.165) is 5.56 Å². The highest BCUT2D eigenvalue weighted by molar-refractivity contribution is 7.98. The van der Waals surface area contributed by atoms with E-state index in [1.165, 1.54) is 18.1 Å². The van der Waals surface area contributed by atoms with Gasteiger partial charge >= 0.3 is 0 Å². The van der Waals surface area contributed by atoms with Gasteiger partial charge in [-0.3, -0.25) is 4.57 Å². The van der Waals surface area contributed by atoms with Gasteiger partial charge in [0.2, 0.25) is 0 Å². The van der Waals surface area contributed by atoms with E-state index < -0.39 is 31.1 Å². The van der Waals surface area contributed by atoms with Gasteiger partial charge in [-0.1, -0.05) is 41.6 Å². The largest absolute Gasteiger partial charge is 0.394 e. The number of halogens is 1. The molecule has 0 amide bonds. The number of aliphatic hydroxyl groups excluding tert-OH is 3. The van der Waals surface area contributed by atoms with Crippen LogP contribution in [-0.2, 0) is 11.3 Å². The van der Waals surface area contributed by atoms with Crippen LogP contribution < -0.4 is 5.32 Å². The standard InChI is InChI=1S/C18H20ClN5O4S/c1-29-18-22-15(20-6-9-4-2-3-5-10(9)19)12-16(23-18)24(8-21-12)17-14(27)13(26)11(7-25)28-17/h2-5,8,11,13-14,17,25-27H,6-7H2,1H3,(H,20,22,23)/t11-,13-,14-,17-/m1/s1. The molecule has 11 heteroatoms. The first-order valence-corrected chi connectivity index (χ1v) is 10.5. The molecule has 29 heavy (non-hydrogen) atoms. The molecule has 4 rings (SSSR count). The Labute approximate surface area is 175 Å². The molecular formula is C18H20ClN5O4S. The number of hydrogen-bond donors (Lipinski definition) is 4. The Morgan fingerprint density at radius 1 is 1.24 bits per heavy atom. The summed E-state index contributed by atoms with van der Waals surface area (Å²) in [4.78, 5) is 13.4. The van der Waals surface area contributed by atoms with Gasteiger partial charge in [0.15, 0.2) is 28.4 Å². The van der Waals surface area contributed by atoms with Crippen molar-refractivity contribution >= 4 is 40.3 Å². The molecule has 0 bridgehead atoms. The van der Waals surface area contributed by atoms with Gasteiger partial charge in [0, 0.05) is 11.6 Å². The van der Waals surface area contributed by atoms with Crippen LogP contribution >= 0.6 is 23.4 Å². The maximum atomic E-state index is 10.4. The molecule has 3 aromatic rings. The van der Waals surface area contributed by atoms with Crippen molar-refractivity contribution in [1.82, 2.24) is 19.5 Å². The lowest BCUT2D eigenvalue weighted by Crippen LogP contribution is -2.33. The van der Waals surface area contributed by atoms with E-state index in [-0.39, 0.29) is 0 Å². The molecule has 9 nitrogen and oxygen atoms in total. The van der Waals surface area contributed by atoms with Crippen LogP contribution in [0.5, 0.6) is 0 Å². The second-order valence-electron chi connectivity index (χ2n) is 6.56. The van der Waals surface area contributed by atoms with E-state index in [0.29, 0.717) is 33.7 Å². The maximum absolute atomic E-state index is 10.4. The fourth-order valence-electron chi connectivity index (χ4n) is 3.23. The quantitative estimate of drug-likeness (QED) is 0.334. The number of nitrogens with zero attached hydrogens (tertiary/aromatic N) is 4. The Morgan fingerprint density at radius 2 is 2.03 bits per heavy atom. The topological polar surface area (TPSA) is 126 Å². The minimum absolute atomic E-state index is 0.406. The predicted molar refractivity (Wildman–Crippen MR) is 109 cm³/mol. The van der Waals surface area contributed by atoms with Crippen LogP contribution in [0.2, 0.25) is 5.02 Å². The van der Waals surface area contributed by atoms with Gasteiger partial charge < -0.3 is 25.4 Å². The third kappa shape index (κ3) is 3.79. The summed E-state index contributed by atoms with van der Waals surface area (Å²) < 4.78 is 7.16. The third-order valence-corrected chi connectivity index (χ3v) is 5.70. The number of anilines is 1. The van der Waals surface area contributed by atoms with E-state index in [2.05, 4.69) is 20.3 Å². The molecule has 1 aliphatic heterocycles. The molecule has 154 valence electrons. The average Bonchev–Trinajstić information content (AvgIpc) is 3.28. The minimum Gasteiger partial charge on any atom is -0.394 e. The van der Waals surface area contributed by atoms with Gasteiger partial charge in [-0.2, -0.15) is 0 Å². The van der Waals surface area contributed by atoms with Crippen molar-refractivity contribution in [3.05, 3.63) is 41.2 Å². The number of benzene rings is 1. The van der Waals surface area contributed by atoms with Crippen LogP contribution in [0.3, 0.4) is 0 Å². The van der Waals surface area contributed by atoms with Gasteiger partial charge in [-0.05, 0) is 17.9 Å². The number of aromatic nitrogens is 4. The van der Waals surface area contributed by atoms with Crippen LogP contribution in [0.1, 0.15) is 11.8 Å². The Balaban J connectivity index is 1.69. The number of fused-ring (bicyclic) bond motifs is 1. The molecule has 1 saturated heterocycles. The Bertz CT molecular complexity index is 1020. The van der Waals surface area contributed by atoms with Crippen molar-refractivity contribution in [2.75, 3.05) is 18.2 Å². The third-order valence-electron chi connectivity index (χ3n) is 4.78. The van der Waals surface area contributed by atoms with Crippen molar-refractivity contribution in [3.8, 4) is 0 Å². The summed E-state index contributed by atoms with van der Waals surface area (Å²) in [6.45, 7) is 0.0391. The summed E-state index contributed by atoms with van der Waals surface area (Å²) >= 11 is 7.59. The van der Waals surface area contributed by atoms with Crippen molar-refractivity contribution < 1.29 is 20.1 Å². The van der Waals surface area contributed by atoms with Crippen molar-refractivity contribution in [2.24, 2.45) is 0 Å². The molecule has 1 fully saturated rings. The van der Waals surface area contributed by atoms with Crippen LogP contribution in [0.25, 0.3) is 11.2 Å². The average molecular weight is 438 g/mol. The fraction of sp³-hybridized carbons (Fsp3) is 0.389. The minimum atomic E-state index is -1.23. The lowest BCUT2D eigenvalue weighted by atomic mass is 10.1. The fourth-order valence-corrected chi connectivity index (χ4v) is 3.79. The number of nitrogens with one attached hydrogen (secondary N) is 1. The second kappa shape index (κ2) is 8.42. The van der Waals surface area contributed by atoms with Crippen molar-refractivity contribution in [2.45, 2.75) is 36.2 Å². The maximum Gasteiger partial charge on any atom is 0.191 e. The molecule has 4 N–H and O–H groups in total. The molecule has 0 saturated carbocycles. The molecular weight excluding hydrogens is 418 g/mol. The molecule has 1 aromatic carbocycles. The van der Waals surface area contributed by atoms with Crippen LogP contribution in [-0.4, -0.2) is 66.0 Å². The molecule has 2 aromatic heterocycles. The van der Waals surface area contributed by atoms with Gasteiger partial charge in [0.05, 0.1) is 12.9 Å². The second-order valence-corrected chi connectivity index (χ2v) is 7.74. The highest BCUT2D eigenvalue weighted by Crippen LogP contribution is 2.33. The molecule has 1 aliphatic rings. The summed E-state index contributed by atoms with van der Waals surface area (Å²) in [5.41, 5.74) is 1.85. The monoisotopic (exact) mass is 437 g/mol. The zero-order valence-corrected chi connectivity index (χ0v) is 17.0. The summed E-state index contributed by atoms with van der Waals surface area (Å²) in [5, 5.41) is 34.2. The molecule has 3 heterocycles. The molecule has 0 spiro atoms. The predicted octanol–water partition coefficient (Wildman–Crippen LogP) is 1.43. The van der Waals surface area contributed by atoms with E-state index in [9.17, 15) is 15.3 Å². The zero-order chi connectivity index (χ0) is 20.5. The summed E-state index contributed by atoms with van der Waals surface area (Å²) in [6.07, 6.45) is -0.907. The van der Waals surface area contributed by atoms with Gasteiger partial charge in [0.25, 0.3) is 0 Å². The zero-order valence-electron chi connectivity index (χ0n) is 15.4. The van der Waals surface area contributed by atoms with Gasteiger partial charge in [0.1, 0.15) is 18.3 Å². The van der Waals surface area contributed by atoms with Crippen LogP contribution in [0.15, 0.2) is 35.7 Å². The Hall–Kier alpha value is -1.95. The first-order chi connectivity index (χ1) is 14.0. The Morgan fingerprint density at radius 3 is 2.72 bits per heavy atom. The van der Waals surface area contributed by atoms with Gasteiger partial charge in [-0.25, -0.2) is 15.0 Å². The highest BCUT2D eigenvalue weighted by atomic mass is 35.5. The number of imidazole rings is 1. The number of thioether (sulfide) groups is 1. The van der Waals surface area contributed by atoms with Crippen LogP contribution in [0.4, 0.5) is 5.82 Å². The molecule has 0 unspecified atom stereocenters. The molecule has 0 aliphatic carbocycles. The number of hydrogen-bond acceptors (Lipinski definition) is 9. The van der Waals surface area contributed by atoms with E-state index in [1.807, 2.05) is 30.5 Å². The Kier molecular flexibility index (Phi) is 5.91. The summed E-state index contributed by atoms with van der Waals surface area (Å²) in [5.74, 6) is 0.518. The van der Waals surface area contributed by atoms with E-state index in [4.69, 9.17) is 16.3 Å². The number of aliphatic hydroxyl groups is 3. The SMILES string of the molecule is CSc1nc(NCc2ccccc2Cl)c2ncn([C@@H]3O[C@H](CO)[C@@H](O)[C@H]3O)c2n1. The number of rotatable bonds is 6. The van der Waals surface area contributed by atoms with Crippen molar-refractivity contribution in [3.63, 3.8) is 0 Å². The highest BCUT2D eigenvalue weighted by Gasteiger charge is 2.44. The normalized spacial score (nSPS) is 24.3. The summed E-state index contributed by atoms with van der Waals surface area (Å²) in [7, 11) is 0. The smallest absolute Gasteiger partial charge is 0.191 e. The van der Waals surface area contributed by atoms with E-state index in [1.54, 1.807) is 4.57 Å². The summed E-state index contributed by atoms with van der Waals surface area (Å²) in [6, 6.07) is 7.50. The van der Waals surface area contributed by atoms with Crippen molar-refractivity contribution in [1.29, 1.82) is 0 Å².